The molecule has 0 N–H and O–H groups in total. The summed E-state index contributed by atoms with van der Waals surface area (Å²) in [5.41, 5.74) is 4.01. The Kier molecular flexibility index (Phi) is 11.2. The highest BCUT2D eigenvalue weighted by Gasteiger charge is 2.30. The Morgan fingerprint density at radius 1 is 0.459 bits per heavy atom. The van der Waals surface area contributed by atoms with Gasteiger partial charge in [0.05, 0.1) is 64.2 Å². The molecule has 5 aromatic carbocycles. The van der Waals surface area contributed by atoms with Gasteiger partial charge in [0.15, 0.2) is 46.1 Å². The molecule has 0 amide bonds. The summed E-state index contributed by atoms with van der Waals surface area (Å²) in [6, 6.07) is 28.0. The van der Waals surface area contributed by atoms with Crippen molar-refractivity contribution >= 4 is 44.8 Å². The summed E-state index contributed by atoms with van der Waals surface area (Å²) < 4.78 is 55.5. The van der Waals surface area contributed by atoms with E-state index in [2.05, 4.69) is 15.0 Å². The first-order chi connectivity index (χ1) is 29.7. The van der Waals surface area contributed by atoms with E-state index in [1.165, 1.54) is 31.9 Å². The summed E-state index contributed by atoms with van der Waals surface area (Å²) in [5, 5.41) is 5.00. The molecule has 61 heavy (non-hydrogen) atoms. The zero-order chi connectivity index (χ0) is 42.6. The summed E-state index contributed by atoms with van der Waals surface area (Å²) in [4.78, 5) is 23.5. The maximum atomic E-state index is 14.2. The van der Waals surface area contributed by atoms with Crippen LogP contribution in [0.4, 0.5) is 27.4 Å². The minimum absolute atomic E-state index is 0.295. The first-order valence-electron chi connectivity index (χ1n) is 18.9. The van der Waals surface area contributed by atoms with Gasteiger partial charge in [-0.25, -0.2) is 34.3 Å². The van der Waals surface area contributed by atoms with Crippen molar-refractivity contribution in [1.82, 2.24) is 24.9 Å². The number of aryl methyl sites for hydroxylation is 2. The van der Waals surface area contributed by atoms with Crippen molar-refractivity contribution in [2.45, 2.75) is 13.8 Å². The number of hydrogen-bond donors (Lipinski definition) is 0. The molecule has 0 fully saturated rings. The number of fused-ring (bicyclic) bond motifs is 2. The first kappa shape index (κ1) is 39.9. The fourth-order valence-corrected chi connectivity index (χ4v) is 6.79. The van der Waals surface area contributed by atoms with Crippen LogP contribution in [-0.2, 0) is 0 Å². The third-order valence-corrected chi connectivity index (χ3v) is 9.77. The van der Waals surface area contributed by atoms with Crippen molar-refractivity contribution in [2.24, 2.45) is 0 Å². The van der Waals surface area contributed by atoms with Crippen molar-refractivity contribution in [1.29, 1.82) is 0 Å². The molecule has 8 aromatic rings. The Bertz CT molecular complexity index is 2880. The lowest BCUT2D eigenvalue weighted by Crippen LogP contribution is -2.37. The Morgan fingerprint density at radius 2 is 0.984 bits per heavy atom. The molecule has 15 heteroatoms. The lowest BCUT2D eigenvalue weighted by molar-refractivity contribution is 0.355. The number of halogens is 1. The molecule has 0 aliphatic rings. The summed E-state index contributed by atoms with van der Waals surface area (Å²) >= 11 is 0. The van der Waals surface area contributed by atoms with Gasteiger partial charge in [-0.3, -0.25) is 4.98 Å². The standard InChI is InChI=1S/C46H40FN7O7/c1-27-17-30(12-15-38(27)61-33-14-11-28(2)48-24-33)53(45-34-20-41(56-4)43(58-6)22-36(34)49-25-51-45)54(46-35-21-42(57-5)44(59-7)23-37(35)50-26-52-46)31-13-16-39(40(19-31)55-3)60-32-10-8-9-29(47)18-32/h8-26H,1-7H3. The van der Waals surface area contributed by atoms with Crippen LogP contribution in [0.15, 0.2) is 116 Å². The summed E-state index contributed by atoms with van der Waals surface area (Å²) in [5.74, 6) is 4.51. The Hall–Kier alpha value is -7.94. The summed E-state index contributed by atoms with van der Waals surface area (Å²) in [6.45, 7) is 3.87. The van der Waals surface area contributed by atoms with Gasteiger partial charge in [0, 0.05) is 40.7 Å². The highest BCUT2D eigenvalue weighted by atomic mass is 19.1. The summed E-state index contributed by atoms with van der Waals surface area (Å²) in [6.07, 6.45) is 4.63. The average Bonchev–Trinajstić information content (AvgIpc) is 3.28. The van der Waals surface area contributed by atoms with E-state index in [4.69, 9.17) is 43.1 Å². The number of aromatic nitrogens is 5. The third-order valence-electron chi connectivity index (χ3n) is 9.77. The van der Waals surface area contributed by atoms with Gasteiger partial charge in [0.2, 0.25) is 0 Å². The van der Waals surface area contributed by atoms with Gasteiger partial charge in [0.1, 0.15) is 35.7 Å². The number of hydrogen-bond acceptors (Lipinski definition) is 14. The van der Waals surface area contributed by atoms with Crippen molar-refractivity contribution in [3.8, 4) is 51.7 Å². The number of rotatable bonds is 14. The van der Waals surface area contributed by atoms with E-state index in [9.17, 15) is 4.39 Å². The number of nitrogens with zero attached hydrogens (tertiary/aromatic N) is 7. The Morgan fingerprint density at radius 3 is 1.51 bits per heavy atom. The first-order valence-corrected chi connectivity index (χ1v) is 18.9. The van der Waals surface area contributed by atoms with Crippen LogP contribution in [-0.4, -0.2) is 60.5 Å². The second-order valence-corrected chi connectivity index (χ2v) is 13.5. The molecule has 0 radical (unpaired) electrons. The SMILES string of the molecule is COc1cc2ncnc(N(c3ccc(Oc4ccc(C)nc4)c(C)c3)N(c3ccc(Oc4cccc(F)c4)c(OC)c3)c3ncnc4cc(OC)c(OC)cc34)c2cc1OC. The zero-order valence-corrected chi connectivity index (χ0v) is 34.3. The van der Waals surface area contributed by atoms with Crippen LogP contribution in [0, 0.1) is 19.7 Å². The highest BCUT2D eigenvalue weighted by molar-refractivity contribution is 5.99. The van der Waals surface area contributed by atoms with Gasteiger partial charge in [-0.05, 0) is 86.1 Å². The van der Waals surface area contributed by atoms with Crippen LogP contribution in [0.25, 0.3) is 21.8 Å². The average molecular weight is 822 g/mol. The molecule has 14 nitrogen and oxygen atoms in total. The Balaban J connectivity index is 1.41. The molecule has 0 spiro atoms. The van der Waals surface area contributed by atoms with Crippen molar-refractivity contribution < 1.29 is 37.5 Å². The molecule has 0 bridgehead atoms. The third kappa shape index (κ3) is 7.96. The normalized spacial score (nSPS) is 11.0. The van der Waals surface area contributed by atoms with Crippen molar-refractivity contribution in [3.63, 3.8) is 0 Å². The van der Waals surface area contributed by atoms with Crippen LogP contribution in [0.1, 0.15) is 11.3 Å². The molecule has 3 aromatic heterocycles. The van der Waals surface area contributed by atoms with E-state index in [0.717, 1.165) is 11.3 Å². The van der Waals surface area contributed by atoms with E-state index in [1.807, 2.05) is 72.4 Å². The minimum Gasteiger partial charge on any atom is -0.493 e. The molecule has 3 heterocycles. The van der Waals surface area contributed by atoms with Gasteiger partial charge in [0.25, 0.3) is 0 Å². The monoisotopic (exact) mass is 821 g/mol. The van der Waals surface area contributed by atoms with Crippen LogP contribution in [0.2, 0.25) is 0 Å². The van der Waals surface area contributed by atoms with Crippen LogP contribution in [0.5, 0.6) is 51.7 Å². The number of pyridine rings is 1. The lowest BCUT2D eigenvalue weighted by atomic mass is 10.1. The molecular formula is C46H40FN7O7. The van der Waals surface area contributed by atoms with Gasteiger partial charge < -0.3 is 33.2 Å². The van der Waals surface area contributed by atoms with Crippen LogP contribution in [0.3, 0.4) is 0 Å². The number of anilines is 4. The van der Waals surface area contributed by atoms with E-state index < -0.39 is 5.82 Å². The largest absolute Gasteiger partial charge is 0.493 e. The topological polar surface area (TPSA) is 136 Å². The van der Waals surface area contributed by atoms with Gasteiger partial charge >= 0.3 is 0 Å². The quantitative estimate of drug-likeness (QED) is 0.0963. The number of ether oxygens (including phenoxy) is 7. The molecule has 0 atom stereocenters. The fraction of sp³-hybridized carbons (Fsp3) is 0.152. The van der Waals surface area contributed by atoms with E-state index >= 15 is 0 Å². The molecule has 8 rings (SSSR count). The van der Waals surface area contributed by atoms with Gasteiger partial charge in [-0.15, -0.1) is 0 Å². The molecule has 0 aliphatic carbocycles. The maximum Gasteiger partial charge on any atom is 0.169 e. The number of benzene rings is 5. The van der Waals surface area contributed by atoms with E-state index in [1.54, 1.807) is 71.0 Å². The lowest BCUT2D eigenvalue weighted by Gasteiger charge is -2.38. The molecule has 0 saturated heterocycles. The smallest absolute Gasteiger partial charge is 0.169 e. The Labute approximate surface area is 350 Å². The zero-order valence-electron chi connectivity index (χ0n) is 34.3. The molecule has 0 aliphatic heterocycles. The number of methoxy groups -OCH3 is 5. The molecule has 0 unspecified atom stereocenters. The molecule has 0 saturated carbocycles. The molecular weight excluding hydrogens is 782 g/mol. The second kappa shape index (κ2) is 17.1. The van der Waals surface area contributed by atoms with E-state index in [0.29, 0.717) is 96.6 Å². The van der Waals surface area contributed by atoms with Crippen LogP contribution >= 0.6 is 0 Å². The van der Waals surface area contributed by atoms with Crippen LogP contribution < -0.4 is 43.2 Å². The minimum atomic E-state index is -0.439. The van der Waals surface area contributed by atoms with E-state index in [-0.39, 0.29) is 0 Å². The predicted molar refractivity (Wildman–Crippen MR) is 229 cm³/mol. The predicted octanol–water partition coefficient (Wildman–Crippen LogP) is 10.2. The maximum absolute atomic E-state index is 14.2. The number of hydrazine groups is 1. The van der Waals surface area contributed by atoms with Crippen molar-refractivity contribution in [3.05, 3.63) is 133 Å². The van der Waals surface area contributed by atoms with Gasteiger partial charge in [-0.2, -0.15) is 0 Å². The van der Waals surface area contributed by atoms with Crippen molar-refractivity contribution in [2.75, 3.05) is 45.6 Å². The second-order valence-electron chi connectivity index (χ2n) is 13.5. The fourth-order valence-electron chi connectivity index (χ4n) is 6.79. The molecule has 308 valence electrons. The summed E-state index contributed by atoms with van der Waals surface area (Å²) in [7, 11) is 7.79. The highest BCUT2D eigenvalue weighted by Crippen LogP contribution is 2.46. The van der Waals surface area contributed by atoms with Gasteiger partial charge in [-0.1, -0.05) is 6.07 Å².